The predicted octanol–water partition coefficient (Wildman–Crippen LogP) is 2.18. The van der Waals surface area contributed by atoms with E-state index in [0.717, 1.165) is 17.9 Å². The van der Waals surface area contributed by atoms with Gasteiger partial charge in [0.05, 0.1) is 11.8 Å². The molecular weight excluding hydrogens is 328 g/mol. The molecule has 1 aliphatic heterocycles. The maximum absolute atomic E-state index is 12.8. The number of fused-ring (bicyclic) bond motifs is 3. The number of rotatable bonds is 2. The quantitative estimate of drug-likeness (QED) is 0.661. The van der Waals surface area contributed by atoms with Gasteiger partial charge >= 0.3 is 0 Å². The number of hydrogen-bond donors (Lipinski definition) is 1. The van der Waals surface area contributed by atoms with Crippen LogP contribution in [-0.4, -0.2) is 22.7 Å². The van der Waals surface area contributed by atoms with Crippen molar-refractivity contribution in [3.8, 4) is 0 Å². The van der Waals surface area contributed by atoms with Gasteiger partial charge in [0.25, 0.3) is 17.7 Å². The van der Waals surface area contributed by atoms with Crippen molar-refractivity contribution in [2.45, 2.75) is 12.8 Å². The molecule has 6 heteroatoms. The summed E-state index contributed by atoms with van der Waals surface area (Å²) in [5.41, 5.74) is 3.00. The minimum Gasteiger partial charge on any atom is -0.272 e. The molecule has 1 heterocycles. The molecular formula is C18H15ClN2O3. The first kappa shape index (κ1) is 14.2. The fraction of sp³-hybridized carbons (Fsp3) is 0.389. The summed E-state index contributed by atoms with van der Waals surface area (Å²) in [6.45, 7) is 0. The Balaban J connectivity index is 1.39. The predicted molar refractivity (Wildman–Crippen MR) is 85.5 cm³/mol. The van der Waals surface area contributed by atoms with Gasteiger partial charge in [-0.1, -0.05) is 23.8 Å². The van der Waals surface area contributed by atoms with Gasteiger partial charge in [0.1, 0.15) is 0 Å². The van der Waals surface area contributed by atoms with Crippen LogP contribution in [0.5, 0.6) is 0 Å². The zero-order valence-corrected chi connectivity index (χ0v) is 13.5. The van der Waals surface area contributed by atoms with Crippen LogP contribution in [0.15, 0.2) is 36.4 Å². The summed E-state index contributed by atoms with van der Waals surface area (Å²) in [5, 5.41) is 1.46. The van der Waals surface area contributed by atoms with Crippen LogP contribution >= 0.6 is 11.6 Å². The van der Waals surface area contributed by atoms with Gasteiger partial charge in [0, 0.05) is 10.6 Å². The molecule has 0 unspecified atom stereocenters. The lowest BCUT2D eigenvalue weighted by Crippen LogP contribution is -2.47. The van der Waals surface area contributed by atoms with Crippen molar-refractivity contribution < 1.29 is 14.4 Å². The Morgan fingerprint density at radius 3 is 2.08 bits per heavy atom. The molecule has 5 rings (SSSR count). The summed E-state index contributed by atoms with van der Waals surface area (Å²) in [5.74, 6) is -1.32. The molecule has 24 heavy (non-hydrogen) atoms. The minimum atomic E-state index is -0.477. The topological polar surface area (TPSA) is 66.5 Å². The third-order valence-electron chi connectivity index (χ3n) is 6.17. The summed E-state index contributed by atoms with van der Waals surface area (Å²) < 4.78 is 0. The number of nitrogens with one attached hydrogen (secondary N) is 1. The average Bonchev–Trinajstić information content (AvgIpc) is 3.18. The number of hydrogen-bond acceptors (Lipinski definition) is 3. The van der Waals surface area contributed by atoms with Gasteiger partial charge in [-0.15, -0.1) is 0 Å². The highest BCUT2D eigenvalue weighted by atomic mass is 35.5. The highest BCUT2D eigenvalue weighted by Gasteiger charge is 2.73. The number of amides is 3. The van der Waals surface area contributed by atoms with E-state index in [1.807, 2.05) is 0 Å². The summed E-state index contributed by atoms with van der Waals surface area (Å²) >= 11 is 5.81. The number of nitrogens with zero attached hydrogens (tertiary/aromatic N) is 1. The molecule has 1 N–H and O–H groups in total. The number of carbonyl (C=O) groups is 3. The van der Waals surface area contributed by atoms with Gasteiger partial charge in [-0.05, 0) is 54.4 Å². The van der Waals surface area contributed by atoms with E-state index >= 15 is 0 Å². The van der Waals surface area contributed by atoms with Gasteiger partial charge in [-0.2, -0.15) is 5.01 Å². The average molecular weight is 343 g/mol. The van der Waals surface area contributed by atoms with Crippen molar-refractivity contribution in [3.05, 3.63) is 47.0 Å². The molecule has 1 saturated heterocycles. The van der Waals surface area contributed by atoms with Crippen LogP contribution in [-0.2, 0) is 9.59 Å². The molecule has 5 nitrogen and oxygen atoms in total. The fourth-order valence-electron chi connectivity index (χ4n) is 4.96. The van der Waals surface area contributed by atoms with E-state index in [1.54, 1.807) is 24.3 Å². The van der Waals surface area contributed by atoms with Gasteiger partial charge in [0.2, 0.25) is 0 Å². The van der Waals surface area contributed by atoms with Crippen LogP contribution in [0.3, 0.4) is 0 Å². The molecule has 1 spiro atoms. The fourth-order valence-corrected chi connectivity index (χ4v) is 5.08. The van der Waals surface area contributed by atoms with Crippen molar-refractivity contribution in [2.75, 3.05) is 0 Å². The Hall–Kier alpha value is -2.14. The van der Waals surface area contributed by atoms with Gasteiger partial charge < -0.3 is 0 Å². The molecule has 4 atom stereocenters. The molecule has 1 aromatic rings. The standard InChI is InChI=1S/C18H15ClN2O3/c19-10-3-1-9(2-4-10)15(22)20-21-16(23)13-11-5-6-12(14(13)17(21)24)18(11)7-8-18/h1-6,11-14H,7-8H2,(H,20,22)/t11-,12+,13-,14-/m1/s1. The normalized spacial score (nSPS) is 34.1. The van der Waals surface area contributed by atoms with E-state index in [2.05, 4.69) is 17.6 Å². The first-order chi connectivity index (χ1) is 11.5. The minimum absolute atomic E-state index is 0.154. The summed E-state index contributed by atoms with van der Waals surface area (Å²) in [6.07, 6.45) is 6.41. The highest BCUT2D eigenvalue weighted by Crippen LogP contribution is 2.73. The molecule has 0 aromatic heterocycles. The van der Waals surface area contributed by atoms with Crippen LogP contribution in [0.2, 0.25) is 5.02 Å². The number of halogens is 1. The maximum atomic E-state index is 12.8. The Bertz CT molecular complexity index is 778. The summed E-state index contributed by atoms with van der Waals surface area (Å²) in [6, 6.07) is 6.32. The van der Waals surface area contributed by atoms with E-state index in [-0.39, 0.29) is 40.9 Å². The lowest BCUT2D eigenvalue weighted by molar-refractivity contribution is -0.144. The number of benzene rings is 1. The Labute approximate surface area is 143 Å². The first-order valence-electron chi connectivity index (χ1n) is 8.16. The van der Waals surface area contributed by atoms with E-state index in [1.165, 1.54) is 0 Å². The van der Waals surface area contributed by atoms with Gasteiger partial charge in [0.15, 0.2) is 0 Å². The molecule has 3 amide bonds. The maximum Gasteiger partial charge on any atom is 0.270 e. The molecule has 4 aliphatic rings. The van der Waals surface area contributed by atoms with Crippen molar-refractivity contribution in [3.63, 3.8) is 0 Å². The SMILES string of the molecule is O=C(NN1C(=O)[C@H]2[C@H](C1=O)[C@@H]1C=C[C@H]2C12CC2)c1ccc(Cl)cc1. The zero-order chi connectivity index (χ0) is 16.6. The Morgan fingerprint density at radius 1 is 1.04 bits per heavy atom. The van der Waals surface area contributed by atoms with Crippen molar-refractivity contribution in [1.82, 2.24) is 10.4 Å². The second kappa shape index (κ2) is 4.48. The molecule has 3 fully saturated rings. The first-order valence-corrected chi connectivity index (χ1v) is 8.53. The lowest BCUT2D eigenvalue weighted by Gasteiger charge is -2.22. The third-order valence-corrected chi connectivity index (χ3v) is 6.42. The summed E-state index contributed by atoms with van der Waals surface area (Å²) in [7, 11) is 0. The van der Waals surface area contributed by atoms with Crippen LogP contribution in [0.25, 0.3) is 0 Å². The summed E-state index contributed by atoms with van der Waals surface area (Å²) in [4.78, 5) is 37.8. The number of carbonyl (C=O) groups excluding carboxylic acids is 3. The van der Waals surface area contributed by atoms with Crippen molar-refractivity contribution >= 4 is 29.3 Å². The van der Waals surface area contributed by atoms with Crippen LogP contribution in [0.1, 0.15) is 23.2 Å². The largest absolute Gasteiger partial charge is 0.272 e. The molecule has 122 valence electrons. The lowest BCUT2D eigenvalue weighted by atomic mass is 9.85. The van der Waals surface area contributed by atoms with Gasteiger partial charge in [-0.25, -0.2) is 0 Å². The molecule has 3 aliphatic carbocycles. The Kier molecular flexibility index (Phi) is 2.65. The highest BCUT2D eigenvalue weighted by molar-refractivity contribution is 6.30. The molecule has 2 bridgehead atoms. The second-order valence-corrected chi connectivity index (χ2v) is 7.62. The zero-order valence-electron chi connectivity index (χ0n) is 12.7. The Morgan fingerprint density at radius 2 is 1.58 bits per heavy atom. The molecule has 1 aromatic carbocycles. The van der Waals surface area contributed by atoms with E-state index in [0.29, 0.717) is 10.6 Å². The van der Waals surface area contributed by atoms with Gasteiger partial charge in [-0.3, -0.25) is 19.8 Å². The number of allylic oxidation sites excluding steroid dienone is 2. The molecule has 0 radical (unpaired) electrons. The smallest absolute Gasteiger partial charge is 0.270 e. The van der Waals surface area contributed by atoms with Crippen LogP contribution in [0, 0.1) is 29.1 Å². The van der Waals surface area contributed by atoms with E-state index < -0.39 is 5.91 Å². The molecule has 2 saturated carbocycles. The second-order valence-electron chi connectivity index (χ2n) is 7.18. The monoisotopic (exact) mass is 342 g/mol. The van der Waals surface area contributed by atoms with E-state index in [4.69, 9.17) is 11.6 Å². The van der Waals surface area contributed by atoms with E-state index in [9.17, 15) is 14.4 Å². The van der Waals surface area contributed by atoms with Crippen molar-refractivity contribution in [2.24, 2.45) is 29.1 Å². The third kappa shape index (κ3) is 1.63. The van der Waals surface area contributed by atoms with Crippen LogP contribution in [0.4, 0.5) is 0 Å². The van der Waals surface area contributed by atoms with Crippen LogP contribution < -0.4 is 5.43 Å². The number of imide groups is 1. The number of hydrazine groups is 1. The van der Waals surface area contributed by atoms with Crippen molar-refractivity contribution in [1.29, 1.82) is 0 Å².